The smallest absolute Gasteiger partial charge is 0.272 e. The first-order valence-electron chi connectivity index (χ1n) is 5.47. The van der Waals surface area contributed by atoms with E-state index in [4.69, 9.17) is 0 Å². The van der Waals surface area contributed by atoms with Gasteiger partial charge in [-0.25, -0.2) is 10.0 Å². The fraction of sp³-hybridized carbons (Fsp3) is 0.500. The van der Waals surface area contributed by atoms with Crippen LogP contribution in [0, 0.1) is 0 Å². The third-order valence-electron chi connectivity index (χ3n) is 3.00. The average Bonchev–Trinajstić information content (AvgIpc) is 2.29. The average molecular weight is 238 g/mol. The van der Waals surface area contributed by atoms with E-state index in [1.165, 1.54) is 0 Å². The van der Waals surface area contributed by atoms with Crippen LogP contribution in [0.25, 0.3) is 0 Å². The molecule has 0 N–H and O–H groups in total. The second kappa shape index (κ2) is 4.45. The van der Waals surface area contributed by atoms with Gasteiger partial charge in [0.2, 0.25) is 0 Å². The van der Waals surface area contributed by atoms with Gasteiger partial charge in [-0.3, -0.25) is 9.78 Å². The topological polar surface area (TPSA) is 33.2 Å². The molecule has 0 atom stereocenters. The van der Waals surface area contributed by atoms with Gasteiger partial charge in [-0.2, -0.15) is 0 Å². The summed E-state index contributed by atoms with van der Waals surface area (Å²) < 4.78 is 0. The van der Waals surface area contributed by atoms with Crippen molar-refractivity contribution in [2.45, 2.75) is 0 Å². The molecule has 1 fully saturated rings. The Labute approximate surface area is 98.2 Å². The highest BCUT2D eigenvalue weighted by molar-refractivity contribution is 8.32. The van der Waals surface area contributed by atoms with Crippen molar-refractivity contribution in [3.8, 4) is 0 Å². The lowest BCUT2D eigenvalue weighted by molar-refractivity contribution is 0.0765. The minimum atomic E-state index is -0.446. The van der Waals surface area contributed by atoms with E-state index in [0.717, 1.165) is 24.6 Å². The first-order chi connectivity index (χ1) is 7.58. The summed E-state index contributed by atoms with van der Waals surface area (Å²) in [6, 6.07) is 5.48. The summed E-state index contributed by atoms with van der Waals surface area (Å²) in [6.07, 6.45) is 6.36. The molecule has 0 bridgehead atoms. The molecule has 1 amide bonds. The van der Waals surface area contributed by atoms with Crippen LogP contribution in [0.15, 0.2) is 24.4 Å². The summed E-state index contributed by atoms with van der Waals surface area (Å²) in [7, 11) is -0.446. The lowest BCUT2D eigenvalue weighted by Crippen LogP contribution is -2.42. The van der Waals surface area contributed by atoms with E-state index in [-0.39, 0.29) is 5.91 Å². The number of rotatable bonds is 1. The largest absolute Gasteiger partial charge is 0.336 e. The van der Waals surface area contributed by atoms with Gasteiger partial charge in [-0.15, -0.1) is 0 Å². The van der Waals surface area contributed by atoms with Crippen LogP contribution in [0.3, 0.4) is 0 Å². The van der Waals surface area contributed by atoms with Gasteiger partial charge in [-0.1, -0.05) is 6.07 Å². The molecule has 2 heterocycles. The van der Waals surface area contributed by atoms with E-state index in [1.54, 1.807) is 12.3 Å². The van der Waals surface area contributed by atoms with Gasteiger partial charge in [0.15, 0.2) is 0 Å². The van der Waals surface area contributed by atoms with Gasteiger partial charge in [0.05, 0.1) is 0 Å². The van der Waals surface area contributed by atoms with E-state index in [0.29, 0.717) is 5.69 Å². The van der Waals surface area contributed by atoms with Crippen molar-refractivity contribution in [1.29, 1.82) is 0 Å². The maximum absolute atomic E-state index is 12.1. The lowest BCUT2D eigenvalue weighted by Gasteiger charge is -2.40. The summed E-state index contributed by atoms with van der Waals surface area (Å²) in [5.41, 5.74) is 0.567. The first-order valence-corrected chi connectivity index (χ1v) is 8.26. The Bertz CT molecular complexity index is 368. The van der Waals surface area contributed by atoms with Gasteiger partial charge in [-0.05, 0) is 36.1 Å². The Hall–Kier alpha value is -1.03. The van der Waals surface area contributed by atoms with E-state index < -0.39 is 10.0 Å². The predicted octanol–water partition coefficient (Wildman–Crippen LogP) is 1.60. The molecule has 0 unspecified atom stereocenters. The van der Waals surface area contributed by atoms with Crippen molar-refractivity contribution in [2.24, 2.45) is 0 Å². The van der Waals surface area contributed by atoms with E-state index in [9.17, 15) is 4.79 Å². The molecule has 1 aliphatic heterocycles. The Morgan fingerprint density at radius 3 is 2.56 bits per heavy atom. The summed E-state index contributed by atoms with van der Waals surface area (Å²) in [5, 5.41) is 0. The molecule has 3 nitrogen and oxygen atoms in total. The third kappa shape index (κ3) is 2.55. The second-order valence-electron chi connectivity index (χ2n) is 4.68. The molecule has 4 heteroatoms. The Morgan fingerprint density at radius 2 is 2.00 bits per heavy atom. The summed E-state index contributed by atoms with van der Waals surface area (Å²) >= 11 is 0. The van der Waals surface area contributed by atoms with Gasteiger partial charge in [0.25, 0.3) is 5.91 Å². The zero-order chi connectivity index (χ0) is 11.6. The normalized spacial score (nSPS) is 21.5. The lowest BCUT2D eigenvalue weighted by atomic mass is 10.3. The van der Waals surface area contributed by atoms with Crippen LogP contribution in [0.5, 0.6) is 0 Å². The van der Waals surface area contributed by atoms with Crippen molar-refractivity contribution >= 4 is 15.9 Å². The van der Waals surface area contributed by atoms with Crippen molar-refractivity contribution in [1.82, 2.24) is 9.88 Å². The van der Waals surface area contributed by atoms with Crippen LogP contribution in [0.1, 0.15) is 10.5 Å². The summed E-state index contributed by atoms with van der Waals surface area (Å²) in [4.78, 5) is 18.1. The Balaban J connectivity index is 2.03. The van der Waals surface area contributed by atoms with Crippen LogP contribution in [-0.2, 0) is 0 Å². The number of hydrogen-bond acceptors (Lipinski definition) is 2. The zero-order valence-corrected chi connectivity index (χ0v) is 10.7. The van der Waals surface area contributed by atoms with Crippen molar-refractivity contribution < 1.29 is 4.79 Å². The molecule has 0 aromatic carbocycles. The molecule has 0 radical (unpaired) electrons. The quantitative estimate of drug-likeness (QED) is 0.744. The van der Waals surface area contributed by atoms with Crippen LogP contribution >= 0.6 is 10.0 Å². The predicted molar refractivity (Wildman–Crippen MR) is 69.3 cm³/mol. The highest BCUT2D eigenvalue weighted by Crippen LogP contribution is 2.41. The molecule has 1 saturated heterocycles. The van der Waals surface area contributed by atoms with Crippen LogP contribution in [0.4, 0.5) is 0 Å². The van der Waals surface area contributed by atoms with Crippen molar-refractivity contribution in [3.05, 3.63) is 30.1 Å². The minimum Gasteiger partial charge on any atom is -0.336 e. The fourth-order valence-electron chi connectivity index (χ4n) is 1.78. The standard InChI is InChI=1S/C12H18N2OS/c1-16(2)9-7-14(8-10-16)12(15)11-5-3-4-6-13-11/h3-6H,7-10H2,1-2H3. The molecule has 0 spiro atoms. The highest BCUT2D eigenvalue weighted by Gasteiger charge is 2.25. The van der Waals surface area contributed by atoms with E-state index in [1.807, 2.05) is 17.0 Å². The van der Waals surface area contributed by atoms with E-state index in [2.05, 4.69) is 17.5 Å². The molecule has 1 aliphatic rings. The number of carbonyl (C=O) groups excluding carboxylic acids is 1. The summed E-state index contributed by atoms with van der Waals surface area (Å²) in [6.45, 7) is 1.77. The summed E-state index contributed by atoms with van der Waals surface area (Å²) in [5.74, 6) is 2.40. The Morgan fingerprint density at radius 1 is 1.31 bits per heavy atom. The number of hydrogen-bond donors (Lipinski definition) is 0. The van der Waals surface area contributed by atoms with Crippen molar-refractivity contribution in [3.63, 3.8) is 0 Å². The molecule has 1 aromatic rings. The fourth-order valence-corrected chi connectivity index (χ4v) is 3.42. The minimum absolute atomic E-state index is 0.0792. The maximum atomic E-state index is 12.1. The second-order valence-corrected chi connectivity index (χ2v) is 9.03. The van der Waals surface area contributed by atoms with Gasteiger partial charge in [0, 0.05) is 19.3 Å². The van der Waals surface area contributed by atoms with Gasteiger partial charge < -0.3 is 4.90 Å². The first kappa shape index (κ1) is 11.5. The van der Waals surface area contributed by atoms with Crippen molar-refractivity contribution in [2.75, 3.05) is 37.1 Å². The number of pyridine rings is 1. The van der Waals surface area contributed by atoms with Crippen LogP contribution < -0.4 is 0 Å². The molecule has 0 aliphatic carbocycles. The SMILES string of the molecule is CS1(C)CCN(C(=O)c2ccccn2)CC1. The maximum Gasteiger partial charge on any atom is 0.272 e. The zero-order valence-electron chi connectivity index (χ0n) is 9.85. The van der Waals surface area contributed by atoms with Crippen LogP contribution in [-0.4, -0.2) is 52.9 Å². The Kier molecular flexibility index (Phi) is 3.19. The number of amides is 1. The molecule has 1 aromatic heterocycles. The van der Waals surface area contributed by atoms with Crippen LogP contribution in [0.2, 0.25) is 0 Å². The highest BCUT2D eigenvalue weighted by atomic mass is 32.3. The molecule has 0 saturated carbocycles. The van der Waals surface area contributed by atoms with E-state index >= 15 is 0 Å². The molecular formula is C12H18N2OS. The molecule has 2 rings (SSSR count). The van der Waals surface area contributed by atoms with Gasteiger partial charge >= 0.3 is 0 Å². The number of nitrogens with zero attached hydrogens (tertiary/aromatic N) is 2. The third-order valence-corrected chi connectivity index (χ3v) is 5.57. The molecule has 16 heavy (non-hydrogen) atoms. The molecular weight excluding hydrogens is 220 g/mol. The van der Waals surface area contributed by atoms with Gasteiger partial charge in [0.1, 0.15) is 5.69 Å². The number of aromatic nitrogens is 1. The monoisotopic (exact) mass is 238 g/mol. The molecule has 88 valence electrons. The number of carbonyl (C=O) groups is 1.